The summed E-state index contributed by atoms with van der Waals surface area (Å²) < 4.78 is 0. The van der Waals surface area contributed by atoms with Gasteiger partial charge in [-0.3, -0.25) is 4.79 Å². The first-order valence-electron chi connectivity index (χ1n) is 6.25. The molecule has 0 bridgehead atoms. The third kappa shape index (κ3) is 3.22. The molecule has 0 aromatic carbocycles. The molecule has 1 aliphatic rings. The molecule has 0 aliphatic heterocycles. The second kappa shape index (κ2) is 6.51. The molecule has 1 aliphatic carbocycles. The Labute approximate surface area is 98.8 Å². The molecule has 0 radical (unpaired) electrons. The van der Waals surface area contributed by atoms with Crippen LogP contribution >= 0.6 is 0 Å². The summed E-state index contributed by atoms with van der Waals surface area (Å²) in [5, 5.41) is 3.02. The summed E-state index contributed by atoms with van der Waals surface area (Å²) in [5.74, 6) is 0.217. The molecule has 90 valence electrons. The number of carbonyl (C=O) groups is 1. The number of amides is 1. The number of nitrogens with one attached hydrogen (secondary N) is 1. The first-order valence-corrected chi connectivity index (χ1v) is 6.25. The van der Waals surface area contributed by atoms with Gasteiger partial charge in [0.15, 0.2) is 0 Å². The van der Waals surface area contributed by atoms with Gasteiger partial charge >= 0.3 is 0 Å². The average molecular weight is 221 g/mol. The van der Waals surface area contributed by atoms with Gasteiger partial charge in [0.05, 0.1) is 5.41 Å². The predicted octanol–water partition coefficient (Wildman–Crippen LogP) is 3.21. The minimum absolute atomic E-state index is 0.166. The highest BCUT2D eigenvalue weighted by Crippen LogP contribution is 2.39. The number of hydrogen-bond acceptors (Lipinski definition) is 1. The van der Waals surface area contributed by atoms with Crippen molar-refractivity contribution in [3.63, 3.8) is 0 Å². The Balaban J connectivity index is 2.56. The van der Waals surface area contributed by atoms with E-state index >= 15 is 0 Å². The van der Waals surface area contributed by atoms with Crippen LogP contribution in [0.3, 0.4) is 0 Å². The van der Waals surface area contributed by atoms with Gasteiger partial charge in [-0.2, -0.15) is 0 Å². The lowest BCUT2D eigenvalue weighted by Gasteiger charge is -2.35. The second-order valence-electron chi connectivity index (χ2n) is 4.67. The lowest BCUT2D eigenvalue weighted by atomic mass is 9.71. The van der Waals surface area contributed by atoms with Crippen LogP contribution in [0.2, 0.25) is 0 Å². The maximum atomic E-state index is 12.2. The van der Waals surface area contributed by atoms with Crippen molar-refractivity contribution in [2.45, 2.75) is 44.9 Å². The minimum atomic E-state index is -0.166. The standard InChI is InChI=1S/C14H23NO/c1-3-5-12-15-13(16)14(9-4-2)10-7-6-8-11-14/h3-4H,1-2,5-12H2,(H,15,16). The van der Waals surface area contributed by atoms with E-state index in [4.69, 9.17) is 0 Å². The van der Waals surface area contributed by atoms with Gasteiger partial charge in [0.1, 0.15) is 0 Å². The first kappa shape index (κ1) is 13.0. The zero-order valence-electron chi connectivity index (χ0n) is 10.1. The SMILES string of the molecule is C=CCCNC(=O)C1(CC=C)CCCCC1. The molecule has 0 spiro atoms. The van der Waals surface area contributed by atoms with Gasteiger partial charge in [-0.1, -0.05) is 31.4 Å². The highest BCUT2D eigenvalue weighted by atomic mass is 16.2. The molecule has 0 atom stereocenters. The fourth-order valence-electron chi connectivity index (χ4n) is 2.50. The number of rotatable bonds is 6. The van der Waals surface area contributed by atoms with Crippen LogP contribution in [0.15, 0.2) is 25.3 Å². The highest BCUT2D eigenvalue weighted by molar-refractivity contribution is 5.82. The van der Waals surface area contributed by atoms with E-state index in [1.54, 1.807) is 0 Å². The van der Waals surface area contributed by atoms with E-state index in [9.17, 15) is 4.79 Å². The highest BCUT2D eigenvalue weighted by Gasteiger charge is 2.37. The van der Waals surface area contributed by atoms with E-state index < -0.39 is 0 Å². The van der Waals surface area contributed by atoms with Crippen LogP contribution in [0.4, 0.5) is 0 Å². The van der Waals surface area contributed by atoms with Gasteiger partial charge in [-0.25, -0.2) is 0 Å². The Morgan fingerprint density at radius 1 is 1.19 bits per heavy atom. The maximum absolute atomic E-state index is 12.2. The van der Waals surface area contributed by atoms with Crippen LogP contribution in [-0.4, -0.2) is 12.5 Å². The Morgan fingerprint density at radius 3 is 2.44 bits per heavy atom. The average Bonchev–Trinajstić information content (AvgIpc) is 2.31. The van der Waals surface area contributed by atoms with Crippen molar-refractivity contribution in [3.8, 4) is 0 Å². The summed E-state index contributed by atoms with van der Waals surface area (Å²) in [6.45, 7) is 8.15. The monoisotopic (exact) mass is 221 g/mol. The zero-order valence-corrected chi connectivity index (χ0v) is 10.1. The summed E-state index contributed by atoms with van der Waals surface area (Å²) >= 11 is 0. The molecule has 1 fully saturated rings. The van der Waals surface area contributed by atoms with Crippen molar-refractivity contribution >= 4 is 5.91 Å². The van der Waals surface area contributed by atoms with Gasteiger partial charge in [-0.05, 0) is 25.7 Å². The second-order valence-corrected chi connectivity index (χ2v) is 4.67. The van der Waals surface area contributed by atoms with Crippen LogP contribution in [0.5, 0.6) is 0 Å². The molecule has 0 aromatic heterocycles. The molecule has 1 rings (SSSR count). The summed E-state index contributed by atoms with van der Waals surface area (Å²) in [6.07, 6.45) is 11.0. The van der Waals surface area contributed by atoms with Crippen molar-refractivity contribution in [3.05, 3.63) is 25.3 Å². The number of carbonyl (C=O) groups excluding carboxylic acids is 1. The smallest absolute Gasteiger partial charge is 0.226 e. The zero-order chi connectivity index (χ0) is 11.9. The van der Waals surface area contributed by atoms with E-state index in [2.05, 4.69) is 18.5 Å². The normalized spacial score (nSPS) is 18.8. The van der Waals surface area contributed by atoms with Crippen molar-refractivity contribution < 1.29 is 4.79 Å². The lowest BCUT2D eigenvalue weighted by Crippen LogP contribution is -2.42. The fraction of sp³-hybridized carbons (Fsp3) is 0.643. The van der Waals surface area contributed by atoms with Crippen molar-refractivity contribution in [2.75, 3.05) is 6.54 Å². The molecular formula is C14H23NO. The van der Waals surface area contributed by atoms with Crippen LogP contribution in [0.25, 0.3) is 0 Å². The third-order valence-corrected chi connectivity index (χ3v) is 3.46. The maximum Gasteiger partial charge on any atom is 0.226 e. The molecule has 0 heterocycles. The number of hydrogen-bond donors (Lipinski definition) is 1. The van der Waals surface area contributed by atoms with Crippen LogP contribution in [0.1, 0.15) is 44.9 Å². The van der Waals surface area contributed by atoms with E-state index in [1.165, 1.54) is 19.3 Å². The molecule has 16 heavy (non-hydrogen) atoms. The molecular weight excluding hydrogens is 198 g/mol. The molecule has 0 unspecified atom stereocenters. The van der Waals surface area contributed by atoms with E-state index in [0.29, 0.717) is 6.54 Å². The Kier molecular flexibility index (Phi) is 5.30. The summed E-state index contributed by atoms with van der Waals surface area (Å²) in [6, 6.07) is 0. The molecule has 0 saturated heterocycles. The van der Waals surface area contributed by atoms with E-state index in [1.807, 2.05) is 12.2 Å². The van der Waals surface area contributed by atoms with Crippen molar-refractivity contribution in [1.29, 1.82) is 0 Å². The van der Waals surface area contributed by atoms with Gasteiger partial charge < -0.3 is 5.32 Å². The first-order chi connectivity index (χ1) is 7.75. The fourth-order valence-corrected chi connectivity index (χ4v) is 2.50. The van der Waals surface area contributed by atoms with Crippen LogP contribution in [0, 0.1) is 5.41 Å². The number of allylic oxidation sites excluding steroid dienone is 1. The van der Waals surface area contributed by atoms with Gasteiger partial charge in [0.2, 0.25) is 5.91 Å². The van der Waals surface area contributed by atoms with Crippen LogP contribution in [-0.2, 0) is 4.79 Å². The predicted molar refractivity (Wildman–Crippen MR) is 68.2 cm³/mol. The Morgan fingerprint density at radius 2 is 1.88 bits per heavy atom. The van der Waals surface area contributed by atoms with E-state index in [0.717, 1.165) is 25.7 Å². The van der Waals surface area contributed by atoms with Crippen molar-refractivity contribution in [2.24, 2.45) is 5.41 Å². The van der Waals surface area contributed by atoms with Gasteiger partial charge in [0, 0.05) is 6.54 Å². The lowest BCUT2D eigenvalue weighted by molar-refractivity contribution is -0.132. The molecule has 2 heteroatoms. The minimum Gasteiger partial charge on any atom is -0.355 e. The molecule has 2 nitrogen and oxygen atoms in total. The van der Waals surface area contributed by atoms with E-state index in [-0.39, 0.29) is 11.3 Å². The molecule has 1 N–H and O–H groups in total. The molecule has 0 aromatic rings. The van der Waals surface area contributed by atoms with Crippen molar-refractivity contribution in [1.82, 2.24) is 5.32 Å². The largest absolute Gasteiger partial charge is 0.355 e. The Hall–Kier alpha value is -1.05. The topological polar surface area (TPSA) is 29.1 Å². The molecule has 1 saturated carbocycles. The summed E-state index contributed by atoms with van der Waals surface area (Å²) in [5.41, 5.74) is -0.166. The van der Waals surface area contributed by atoms with Gasteiger partial charge in [-0.15, -0.1) is 13.2 Å². The summed E-state index contributed by atoms with van der Waals surface area (Å²) in [4.78, 5) is 12.2. The summed E-state index contributed by atoms with van der Waals surface area (Å²) in [7, 11) is 0. The van der Waals surface area contributed by atoms with Gasteiger partial charge in [0.25, 0.3) is 0 Å². The third-order valence-electron chi connectivity index (χ3n) is 3.46. The quantitative estimate of drug-likeness (QED) is 0.541. The van der Waals surface area contributed by atoms with Crippen LogP contribution < -0.4 is 5.32 Å². The molecule has 1 amide bonds. The Bertz CT molecular complexity index is 251.